The van der Waals surface area contributed by atoms with E-state index in [0.717, 1.165) is 45.8 Å². The second-order valence-corrected chi connectivity index (χ2v) is 8.86. The number of hydrogen-bond donors (Lipinski definition) is 0. The predicted octanol–water partition coefficient (Wildman–Crippen LogP) is 4.70. The molecule has 3 aromatic rings. The summed E-state index contributed by atoms with van der Waals surface area (Å²) in [6, 6.07) is 29.4. The highest BCUT2D eigenvalue weighted by Crippen LogP contribution is 2.31. The van der Waals surface area contributed by atoms with E-state index in [9.17, 15) is 0 Å². The van der Waals surface area contributed by atoms with Crippen LogP contribution < -0.4 is 4.90 Å². The molecule has 154 valence electrons. The summed E-state index contributed by atoms with van der Waals surface area (Å²) in [5, 5.41) is 0. The van der Waals surface area contributed by atoms with E-state index >= 15 is 0 Å². The van der Waals surface area contributed by atoms with Crippen molar-refractivity contribution < 1.29 is 0 Å². The summed E-state index contributed by atoms with van der Waals surface area (Å²) in [4.78, 5) is 7.95. The Hall–Kier alpha value is -2.62. The van der Waals surface area contributed by atoms with Crippen molar-refractivity contribution in [3.63, 3.8) is 0 Å². The minimum Gasteiger partial charge on any atom is -0.364 e. The molecule has 0 radical (unpaired) electrons. The zero-order valence-corrected chi connectivity index (χ0v) is 17.9. The van der Waals surface area contributed by atoms with E-state index < -0.39 is 0 Å². The lowest BCUT2D eigenvalue weighted by molar-refractivity contribution is 0.172. The van der Waals surface area contributed by atoms with Gasteiger partial charge in [0.15, 0.2) is 0 Å². The van der Waals surface area contributed by atoms with Gasteiger partial charge in [-0.2, -0.15) is 0 Å². The molecule has 0 aromatic heterocycles. The first-order chi connectivity index (χ1) is 14.7. The van der Waals surface area contributed by atoms with Crippen molar-refractivity contribution in [3.8, 4) is 0 Å². The molecule has 3 nitrogen and oxygen atoms in total. The number of hydrogen-bond acceptors (Lipinski definition) is 3. The largest absolute Gasteiger partial charge is 0.364 e. The molecule has 0 amide bonds. The molecule has 1 unspecified atom stereocenters. The second kappa shape index (κ2) is 8.63. The molecule has 30 heavy (non-hydrogen) atoms. The third-order valence-electron chi connectivity index (χ3n) is 6.47. The molecular weight excluding hydrogens is 366 g/mol. The van der Waals surface area contributed by atoms with Crippen LogP contribution in [0.5, 0.6) is 0 Å². The van der Waals surface area contributed by atoms with Crippen molar-refractivity contribution in [2.24, 2.45) is 0 Å². The van der Waals surface area contributed by atoms with E-state index in [-0.39, 0.29) is 0 Å². The van der Waals surface area contributed by atoms with Crippen LogP contribution in [-0.4, -0.2) is 42.0 Å². The molecule has 0 bridgehead atoms. The summed E-state index contributed by atoms with van der Waals surface area (Å²) in [5.41, 5.74) is 7.07. The first-order valence-corrected chi connectivity index (χ1v) is 11.1. The lowest BCUT2D eigenvalue weighted by Crippen LogP contribution is -2.55. The van der Waals surface area contributed by atoms with Gasteiger partial charge in [-0.05, 0) is 29.7 Å². The van der Waals surface area contributed by atoms with Gasteiger partial charge in [-0.3, -0.25) is 9.80 Å². The molecule has 1 fully saturated rings. The fraction of sp³-hybridized carbons (Fsp3) is 0.333. The van der Waals surface area contributed by atoms with Crippen LogP contribution >= 0.6 is 0 Å². The van der Waals surface area contributed by atoms with Crippen LogP contribution in [0.3, 0.4) is 0 Å². The van der Waals surface area contributed by atoms with Crippen LogP contribution in [0.1, 0.15) is 22.3 Å². The van der Waals surface area contributed by atoms with E-state index in [4.69, 9.17) is 0 Å². The molecule has 3 heteroatoms. The quantitative estimate of drug-likeness (QED) is 0.632. The number of anilines is 1. The number of nitrogens with zero attached hydrogens (tertiary/aromatic N) is 3. The van der Waals surface area contributed by atoms with Gasteiger partial charge >= 0.3 is 0 Å². The van der Waals surface area contributed by atoms with Crippen LogP contribution in [0.2, 0.25) is 0 Å². The second-order valence-electron chi connectivity index (χ2n) is 8.86. The number of fused-ring (bicyclic) bond motifs is 3. The normalized spacial score (nSPS) is 19.8. The molecule has 2 heterocycles. The van der Waals surface area contributed by atoms with Gasteiger partial charge in [0.2, 0.25) is 0 Å². The molecule has 5 rings (SSSR count). The SMILES string of the molecule is Cc1cccc(CN2Cc3ccccc3N3CCN(Cc4ccccc4)CC3C2)c1. The average Bonchev–Trinajstić information content (AvgIpc) is 2.90. The summed E-state index contributed by atoms with van der Waals surface area (Å²) in [7, 11) is 0. The maximum Gasteiger partial charge on any atom is 0.0545 e. The van der Waals surface area contributed by atoms with Crippen LogP contribution in [0.25, 0.3) is 0 Å². The number of rotatable bonds is 4. The van der Waals surface area contributed by atoms with Gasteiger partial charge in [-0.25, -0.2) is 0 Å². The molecule has 1 saturated heterocycles. The monoisotopic (exact) mass is 397 g/mol. The van der Waals surface area contributed by atoms with Crippen molar-refractivity contribution in [2.75, 3.05) is 31.1 Å². The summed E-state index contributed by atoms with van der Waals surface area (Å²) in [6.45, 7) is 9.72. The third-order valence-corrected chi connectivity index (χ3v) is 6.47. The Morgan fingerprint density at radius 1 is 0.733 bits per heavy atom. The van der Waals surface area contributed by atoms with E-state index in [0.29, 0.717) is 6.04 Å². The highest BCUT2D eigenvalue weighted by molar-refractivity contribution is 5.56. The Morgan fingerprint density at radius 2 is 1.47 bits per heavy atom. The Kier molecular flexibility index (Phi) is 5.56. The molecule has 2 aliphatic rings. The van der Waals surface area contributed by atoms with Gasteiger partial charge < -0.3 is 4.90 Å². The van der Waals surface area contributed by atoms with Crippen molar-refractivity contribution in [1.29, 1.82) is 0 Å². The third kappa shape index (κ3) is 4.28. The van der Waals surface area contributed by atoms with E-state index in [1.807, 2.05) is 0 Å². The molecule has 0 spiro atoms. The lowest BCUT2D eigenvalue weighted by Gasteiger charge is -2.43. The van der Waals surface area contributed by atoms with Gasteiger partial charge in [0.1, 0.15) is 0 Å². The topological polar surface area (TPSA) is 9.72 Å². The fourth-order valence-corrected chi connectivity index (χ4v) is 5.10. The van der Waals surface area contributed by atoms with Crippen molar-refractivity contribution >= 4 is 5.69 Å². The van der Waals surface area contributed by atoms with Gasteiger partial charge in [-0.1, -0.05) is 78.4 Å². The number of piperazine rings is 1. The fourth-order valence-electron chi connectivity index (χ4n) is 5.10. The Morgan fingerprint density at radius 3 is 2.33 bits per heavy atom. The minimum atomic E-state index is 0.524. The highest BCUT2D eigenvalue weighted by Gasteiger charge is 2.32. The van der Waals surface area contributed by atoms with Crippen LogP contribution in [0.4, 0.5) is 5.69 Å². The van der Waals surface area contributed by atoms with E-state index in [1.165, 1.54) is 27.9 Å². The smallest absolute Gasteiger partial charge is 0.0545 e. The maximum atomic E-state index is 2.67. The molecular formula is C27H31N3. The maximum absolute atomic E-state index is 2.67. The lowest BCUT2D eigenvalue weighted by atomic mass is 10.1. The van der Waals surface area contributed by atoms with Crippen LogP contribution in [0, 0.1) is 6.92 Å². The van der Waals surface area contributed by atoms with E-state index in [2.05, 4.69) is 100 Å². The molecule has 1 atom stereocenters. The van der Waals surface area contributed by atoms with Gasteiger partial charge in [0, 0.05) is 51.5 Å². The molecule has 2 aliphatic heterocycles. The van der Waals surface area contributed by atoms with Crippen LogP contribution in [0.15, 0.2) is 78.9 Å². The summed E-state index contributed by atoms with van der Waals surface area (Å²) in [5.74, 6) is 0. The van der Waals surface area contributed by atoms with Crippen molar-refractivity contribution in [2.45, 2.75) is 32.6 Å². The van der Waals surface area contributed by atoms with Crippen molar-refractivity contribution in [3.05, 3.63) is 101 Å². The molecule has 0 aliphatic carbocycles. The minimum absolute atomic E-state index is 0.524. The summed E-state index contributed by atoms with van der Waals surface area (Å²) >= 11 is 0. The standard InChI is InChI=1S/C27H31N3/c1-22-8-7-11-24(16-22)18-29-19-25-12-5-6-13-27(25)30-15-14-28(20-26(30)21-29)17-23-9-3-2-4-10-23/h2-13,16,26H,14-15,17-21H2,1H3. The highest BCUT2D eigenvalue weighted by atomic mass is 15.3. The van der Waals surface area contributed by atoms with E-state index in [1.54, 1.807) is 0 Å². The van der Waals surface area contributed by atoms with Gasteiger partial charge in [-0.15, -0.1) is 0 Å². The first-order valence-electron chi connectivity index (χ1n) is 11.1. The molecule has 3 aromatic carbocycles. The number of aryl methyl sites for hydroxylation is 1. The predicted molar refractivity (Wildman–Crippen MR) is 125 cm³/mol. The Bertz CT molecular complexity index is 984. The molecule has 0 saturated carbocycles. The Balaban J connectivity index is 1.38. The number of para-hydroxylation sites is 1. The summed E-state index contributed by atoms with van der Waals surface area (Å²) in [6.07, 6.45) is 0. The molecule has 0 N–H and O–H groups in total. The van der Waals surface area contributed by atoms with Gasteiger partial charge in [0.25, 0.3) is 0 Å². The average molecular weight is 398 g/mol. The van der Waals surface area contributed by atoms with Gasteiger partial charge in [0.05, 0.1) is 6.04 Å². The zero-order chi connectivity index (χ0) is 20.3. The summed E-state index contributed by atoms with van der Waals surface area (Å²) < 4.78 is 0. The number of benzene rings is 3. The van der Waals surface area contributed by atoms with Crippen molar-refractivity contribution in [1.82, 2.24) is 9.80 Å². The zero-order valence-electron chi connectivity index (χ0n) is 17.9. The van der Waals surface area contributed by atoms with Crippen LogP contribution in [-0.2, 0) is 19.6 Å². The Labute approximate surface area is 180 Å². The first kappa shape index (κ1) is 19.3.